The first-order chi connectivity index (χ1) is 18.2. The zero-order valence-electron chi connectivity index (χ0n) is 21.5. The van der Waals surface area contributed by atoms with E-state index in [9.17, 15) is 19.1 Å². The molecule has 1 amide bonds. The standard InChI is InChI=1S/C29H28FN3O5/c1-17-8-13-22(21(30)14-17)32-28-27(29(36)31-16-19-9-11-20(37-4)12-10-19)25(15-26(35)33(28)3)38-24-7-5-6-23(34)18(24)2/h5-15,32,34H,16H2,1-4H3,(H,31,36). The summed E-state index contributed by atoms with van der Waals surface area (Å²) in [6.45, 7) is 3.58. The molecule has 1 heterocycles. The number of aromatic hydroxyl groups is 1. The predicted octanol–water partition coefficient (Wildman–Crippen LogP) is 5.32. The van der Waals surface area contributed by atoms with Gasteiger partial charge in [-0.2, -0.15) is 0 Å². The van der Waals surface area contributed by atoms with Gasteiger partial charge < -0.3 is 25.2 Å². The van der Waals surface area contributed by atoms with E-state index >= 15 is 0 Å². The van der Waals surface area contributed by atoms with Crippen molar-refractivity contribution in [1.82, 2.24) is 9.88 Å². The highest BCUT2D eigenvalue weighted by atomic mass is 19.1. The highest BCUT2D eigenvalue weighted by molar-refractivity contribution is 6.02. The van der Waals surface area contributed by atoms with Crippen LogP contribution >= 0.6 is 0 Å². The molecule has 8 nitrogen and oxygen atoms in total. The third-order valence-electron chi connectivity index (χ3n) is 6.10. The van der Waals surface area contributed by atoms with Gasteiger partial charge in [-0.05, 0) is 61.4 Å². The number of hydrogen-bond acceptors (Lipinski definition) is 6. The number of amides is 1. The van der Waals surface area contributed by atoms with Crippen LogP contribution in [0.1, 0.15) is 27.0 Å². The Hall–Kier alpha value is -4.79. The van der Waals surface area contributed by atoms with E-state index in [-0.39, 0.29) is 40.9 Å². The molecule has 4 rings (SSSR count). The van der Waals surface area contributed by atoms with Gasteiger partial charge in [0.25, 0.3) is 11.5 Å². The van der Waals surface area contributed by atoms with Crippen molar-refractivity contribution in [3.05, 3.63) is 105 Å². The average Bonchev–Trinajstić information content (AvgIpc) is 2.90. The number of ether oxygens (including phenoxy) is 2. The summed E-state index contributed by atoms with van der Waals surface area (Å²) in [5, 5.41) is 15.9. The highest BCUT2D eigenvalue weighted by Gasteiger charge is 2.24. The molecule has 0 saturated carbocycles. The summed E-state index contributed by atoms with van der Waals surface area (Å²) in [5.41, 5.74) is 1.55. The monoisotopic (exact) mass is 517 g/mol. The molecule has 0 radical (unpaired) electrons. The van der Waals surface area contributed by atoms with Crippen LogP contribution in [0.25, 0.3) is 0 Å². The molecule has 0 bridgehead atoms. The molecule has 0 spiro atoms. The number of halogens is 1. The van der Waals surface area contributed by atoms with Crippen molar-refractivity contribution < 1.29 is 23.8 Å². The number of aromatic nitrogens is 1. The van der Waals surface area contributed by atoms with Crippen LogP contribution in [0, 0.1) is 19.7 Å². The van der Waals surface area contributed by atoms with E-state index in [1.165, 1.54) is 35.9 Å². The molecule has 0 aliphatic heterocycles. The molecule has 1 aromatic heterocycles. The number of hydrogen-bond donors (Lipinski definition) is 3. The second-order valence-corrected chi connectivity index (χ2v) is 8.77. The summed E-state index contributed by atoms with van der Waals surface area (Å²) >= 11 is 0. The van der Waals surface area contributed by atoms with Crippen molar-refractivity contribution in [2.24, 2.45) is 7.05 Å². The predicted molar refractivity (Wildman–Crippen MR) is 143 cm³/mol. The zero-order chi connectivity index (χ0) is 27.4. The second kappa shape index (κ2) is 11.1. The van der Waals surface area contributed by atoms with E-state index in [0.29, 0.717) is 11.3 Å². The van der Waals surface area contributed by atoms with E-state index in [4.69, 9.17) is 9.47 Å². The lowest BCUT2D eigenvalue weighted by molar-refractivity contribution is 0.0948. The Morgan fingerprint density at radius 3 is 2.45 bits per heavy atom. The lowest BCUT2D eigenvalue weighted by Gasteiger charge is -2.20. The molecule has 3 N–H and O–H groups in total. The summed E-state index contributed by atoms with van der Waals surface area (Å²) in [7, 11) is 3.04. The Morgan fingerprint density at radius 2 is 1.76 bits per heavy atom. The average molecular weight is 518 g/mol. The summed E-state index contributed by atoms with van der Waals surface area (Å²) in [6.07, 6.45) is 0. The molecule has 0 saturated heterocycles. The number of methoxy groups -OCH3 is 1. The number of nitrogens with zero attached hydrogens (tertiary/aromatic N) is 1. The SMILES string of the molecule is COc1ccc(CNC(=O)c2c(Oc3cccc(O)c3C)cc(=O)n(C)c2Nc2ccc(C)cc2F)cc1. The maximum atomic E-state index is 14.8. The first kappa shape index (κ1) is 26.3. The summed E-state index contributed by atoms with van der Waals surface area (Å²) in [4.78, 5) is 26.5. The van der Waals surface area contributed by atoms with Crippen LogP contribution in [-0.4, -0.2) is 22.7 Å². The number of aryl methyl sites for hydroxylation is 1. The fourth-order valence-electron chi connectivity index (χ4n) is 3.82. The van der Waals surface area contributed by atoms with Gasteiger partial charge in [-0.15, -0.1) is 0 Å². The minimum Gasteiger partial charge on any atom is -0.508 e. The quantitative estimate of drug-likeness (QED) is 0.292. The van der Waals surface area contributed by atoms with Crippen LogP contribution in [-0.2, 0) is 13.6 Å². The Balaban J connectivity index is 1.79. The molecule has 4 aromatic rings. The Morgan fingerprint density at radius 1 is 1.03 bits per heavy atom. The number of anilines is 2. The molecule has 3 aromatic carbocycles. The first-order valence-corrected chi connectivity index (χ1v) is 11.8. The lowest BCUT2D eigenvalue weighted by atomic mass is 10.1. The molecule has 9 heteroatoms. The van der Waals surface area contributed by atoms with Crippen molar-refractivity contribution in [3.63, 3.8) is 0 Å². The van der Waals surface area contributed by atoms with Crippen LogP contribution in [0.4, 0.5) is 15.9 Å². The number of carbonyl (C=O) groups excluding carboxylic acids is 1. The van der Waals surface area contributed by atoms with Gasteiger partial charge in [0, 0.05) is 25.2 Å². The zero-order valence-corrected chi connectivity index (χ0v) is 21.5. The molecule has 38 heavy (non-hydrogen) atoms. The van der Waals surface area contributed by atoms with Gasteiger partial charge in [0.15, 0.2) is 0 Å². The van der Waals surface area contributed by atoms with E-state index in [1.54, 1.807) is 51.3 Å². The van der Waals surface area contributed by atoms with E-state index in [1.807, 2.05) is 12.1 Å². The van der Waals surface area contributed by atoms with E-state index < -0.39 is 17.3 Å². The van der Waals surface area contributed by atoms with Gasteiger partial charge in [0.2, 0.25) is 0 Å². The van der Waals surface area contributed by atoms with Crippen LogP contribution < -0.4 is 25.7 Å². The molecule has 196 valence electrons. The van der Waals surface area contributed by atoms with Crippen molar-refractivity contribution in [1.29, 1.82) is 0 Å². The van der Waals surface area contributed by atoms with Gasteiger partial charge in [0.1, 0.15) is 40.2 Å². The fourth-order valence-corrected chi connectivity index (χ4v) is 3.82. The second-order valence-electron chi connectivity index (χ2n) is 8.77. The maximum absolute atomic E-state index is 14.8. The third-order valence-corrected chi connectivity index (χ3v) is 6.10. The van der Waals surface area contributed by atoms with E-state index in [0.717, 1.165) is 11.1 Å². The number of phenolic OH excluding ortho intramolecular Hbond substituents is 1. The fraction of sp³-hybridized carbons (Fsp3) is 0.172. The summed E-state index contributed by atoms with van der Waals surface area (Å²) in [5.74, 6) is -0.172. The molecule has 0 unspecified atom stereocenters. The van der Waals surface area contributed by atoms with Crippen LogP contribution in [0.3, 0.4) is 0 Å². The van der Waals surface area contributed by atoms with Crippen molar-refractivity contribution in [3.8, 4) is 23.0 Å². The molecule has 0 aliphatic carbocycles. The number of pyridine rings is 1. The molecular weight excluding hydrogens is 489 g/mol. The smallest absolute Gasteiger partial charge is 0.259 e. The largest absolute Gasteiger partial charge is 0.508 e. The topological polar surface area (TPSA) is 102 Å². The minimum absolute atomic E-state index is 0.00286. The van der Waals surface area contributed by atoms with Crippen molar-refractivity contribution in [2.45, 2.75) is 20.4 Å². The van der Waals surface area contributed by atoms with Crippen LogP contribution in [0.5, 0.6) is 23.0 Å². The minimum atomic E-state index is -0.556. The van der Waals surface area contributed by atoms with Gasteiger partial charge in [-0.3, -0.25) is 14.2 Å². The number of carbonyl (C=O) groups is 1. The van der Waals surface area contributed by atoms with Gasteiger partial charge in [-0.1, -0.05) is 24.3 Å². The third kappa shape index (κ3) is 5.62. The Labute approximate surface area is 219 Å². The molecule has 0 atom stereocenters. The summed E-state index contributed by atoms with van der Waals surface area (Å²) in [6, 6.07) is 17.7. The first-order valence-electron chi connectivity index (χ1n) is 11.8. The number of rotatable bonds is 8. The highest BCUT2D eigenvalue weighted by Crippen LogP contribution is 2.35. The Kier molecular flexibility index (Phi) is 7.66. The number of benzene rings is 3. The molecule has 0 aliphatic rings. The number of nitrogens with one attached hydrogen (secondary N) is 2. The summed E-state index contributed by atoms with van der Waals surface area (Å²) < 4.78 is 27.1. The van der Waals surface area contributed by atoms with Gasteiger partial charge in [0.05, 0.1) is 12.8 Å². The van der Waals surface area contributed by atoms with Crippen LogP contribution in [0.2, 0.25) is 0 Å². The van der Waals surface area contributed by atoms with Crippen LogP contribution in [0.15, 0.2) is 71.5 Å². The maximum Gasteiger partial charge on any atom is 0.259 e. The number of phenols is 1. The normalized spacial score (nSPS) is 10.7. The molecule has 0 fully saturated rings. The van der Waals surface area contributed by atoms with Crippen molar-refractivity contribution >= 4 is 17.4 Å². The van der Waals surface area contributed by atoms with Gasteiger partial charge in [-0.25, -0.2) is 4.39 Å². The molecular formula is C29H28FN3O5. The Bertz CT molecular complexity index is 1550. The van der Waals surface area contributed by atoms with E-state index in [2.05, 4.69) is 10.6 Å². The van der Waals surface area contributed by atoms with Crippen molar-refractivity contribution in [2.75, 3.05) is 12.4 Å². The lowest BCUT2D eigenvalue weighted by Crippen LogP contribution is -2.29. The van der Waals surface area contributed by atoms with Gasteiger partial charge >= 0.3 is 0 Å².